The van der Waals surface area contributed by atoms with E-state index < -0.39 is 27.3 Å². The first kappa shape index (κ1) is 15.2. The number of amides is 3. The van der Waals surface area contributed by atoms with Gasteiger partial charge in [-0.1, -0.05) is 17.7 Å². The maximum absolute atomic E-state index is 12.2. The zero-order valence-electron chi connectivity index (χ0n) is 11.8. The molecule has 8 heteroatoms. The first-order valence-corrected chi connectivity index (χ1v) is 7.59. The predicted octanol–water partition coefficient (Wildman–Crippen LogP) is 0.377. The van der Waals surface area contributed by atoms with Crippen molar-refractivity contribution in [3.63, 3.8) is 0 Å². The minimum Gasteiger partial charge on any atom is -0.381 e. The molecule has 0 spiro atoms. The molecule has 1 aliphatic rings. The summed E-state index contributed by atoms with van der Waals surface area (Å²) in [7, 11) is -1.63. The normalized spacial score (nSPS) is 19.5. The number of imide groups is 1. The molecule has 0 bridgehead atoms. The Morgan fingerprint density at radius 2 is 1.76 bits per heavy atom. The highest BCUT2D eigenvalue weighted by Crippen LogP contribution is 2.18. The summed E-state index contributed by atoms with van der Waals surface area (Å²) < 4.78 is 30.4. The summed E-state index contributed by atoms with van der Waals surface area (Å²) in [5.41, 5.74) is 0.949. The highest BCUT2D eigenvalue weighted by molar-refractivity contribution is 7.89. The van der Waals surface area contributed by atoms with E-state index in [9.17, 15) is 18.0 Å². The van der Waals surface area contributed by atoms with E-state index in [2.05, 4.69) is 0 Å². The lowest BCUT2D eigenvalue weighted by molar-refractivity contribution is -0.399. The van der Waals surface area contributed by atoms with Crippen LogP contribution in [0.1, 0.15) is 5.56 Å². The lowest BCUT2D eigenvalue weighted by Crippen LogP contribution is -2.54. The van der Waals surface area contributed by atoms with Crippen LogP contribution < -0.4 is 4.18 Å². The molecule has 1 aliphatic heterocycles. The van der Waals surface area contributed by atoms with Crippen LogP contribution in [0.2, 0.25) is 0 Å². The molecule has 1 atom stereocenters. The van der Waals surface area contributed by atoms with Gasteiger partial charge in [0.25, 0.3) is 5.25 Å². The average molecular weight is 311 g/mol. The topological polar surface area (TPSA) is 83.8 Å². The SMILES string of the molecule is Cc1ccc(OS(=O)(=O)C2C=[N+](C)C(=O)N(C)C2=O)cc1. The maximum Gasteiger partial charge on any atom is 0.500 e. The zero-order valence-corrected chi connectivity index (χ0v) is 12.6. The standard InChI is InChI=1S/C13H15N2O5S/c1-9-4-6-10(7-5-9)20-21(18,19)11-8-14(2)13(17)15(3)12(11)16/h4-8,11H,1-3H3/q+1. The van der Waals surface area contributed by atoms with Crippen LogP contribution in [-0.4, -0.2) is 55.4 Å². The van der Waals surface area contributed by atoms with Gasteiger partial charge >= 0.3 is 22.1 Å². The number of hydrogen-bond donors (Lipinski definition) is 0. The van der Waals surface area contributed by atoms with Gasteiger partial charge in [0.1, 0.15) is 12.0 Å². The van der Waals surface area contributed by atoms with E-state index >= 15 is 0 Å². The van der Waals surface area contributed by atoms with Crippen molar-refractivity contribution in [3.8, 4) is 5.75 Å². The molecular formula is C13H15N2O5S+. The molecule has 0 aromatic heterocycles. The second-order valence-electron chi connectivity index (χ2n) is 4.75. The minimum atomic E-state index is -4.23. The van der Waals surface area contributed by atoms with Crippen LogP contribution in [0.3, 0.4) is 0 Å². The number of carbonyl (C=O) groups excluding carboxylic acids is 2. The largest absolute Gasteiger partial charge is 0.500 e. The van der Waals surface area contributed by atoms with Gasteiger partial charge in [0.05, 0.1) is 14.1 Å². The number of hydrogen-bond acceptors (Lipinski definition) is 5. The monoisotopic (exact) mass is 311 g/mol. The lowest BCUT2D eigenvalue weighted by Gasteiger charge is -2.19. The Morgan fingerprint density at radius 1 is 1.19 bits per heavy atom. The Hall–Kier alpha value is -2.22. The molecule has 3 amide bonds. The van der Waals surface area contributed by atoms with E-state index in [1.54, 1.807) is 12.1 Å². The molecule has 0 N–H and O–H groups in total. The van der Waals surface area contributed by atoms with Crippen molar-refractivity contribution >= 4 is 28.3 Å². The van der Waals surface area contributed by atoms with Gasteiger partial charge < -0.3 is 4.18 Å². The van der Waals surface area contributed by atoms with Crippen LogP contribution in [0.25, 0.3) is 0 Å². The predicted molar refractivity (Wildman–Crippen MR) is 74.9 cm³/mol. The minimum absolute atomic E-state index is 0.115. The van der Waals surface area contributed by atoms with Crippen LogP contribution in [0, 0.1) is 6.92 Å². The number of urea groups is 1. The Bertz CT molecular complexity index is 721. The van der Waals surface area contributed by atoms with Crippen molar-refractivity contribution in [3.05, 3.63) is 29.8 Å². The van der Waals surface area contributed by atoms with Crippen molar-refractivity contribution in [2.45, 2.75) is 12.2 Å². The smallest absolute Gasteiger partial charge is 0.381 e. The van der Waals surface area contributed by atoms with Crippen molar-refractivity contribution < 1.29 is 26.8 Å². The third kappa shape index (κ3) is 2.94. The van der Waals surface area contributed by atoms with Gasteiger partial charge in [-0.2, -0.15) is 18.1 Å². The van der Waals surface area contributed by atoms with Crippen LogP contribution in [0.15, 0.2) is 24.3 Å². The Labute approximate surface area is 122 Å². The van der Waals surface area contributed by atoms with Crippen molar-refractivity contribution in [2.24, 2.45) is 0 Å². The molecule has 112 valence electrons. The van der Waals surface area contributed by atoms with Gasteiger partial charge in [-0.25, -0.2) is 9.37 Å². The van der Waals surface area contributed by atoms with E-state index in [0.29, 0.717) is 0 Å². The summed E-state index contributed by atoms with van der Waals surface area (Å²) in [6.45, 7) is 1.85. The fourth-order valence-electron chi connectivity index (χ4n) is 1.83. The number of rotatable bonds is 3. The van der Waals surface area contributed by atoms with Crippen LogP contribution in [0.5, 0.6) is 5.75 Å². The summed E-state index contributed by atoms with van der Waals surface area (Å²) >= 11 is 0. The molecule has 0 saturated carbocycles. The van der Waals surface area contributed by atoms with Crippen LogP contribution in [-0.2, 0) is 14.9 Å². The highest BCUT2D eigenvalue weighted by atomic mass is 32.2. The van der Waals surface area contributed by atoms with Gasteiger partial charge in [-0.3, -0.25) is 0 Å². The zero-order chi connectivity index (χ0) is 15.8. The van der Waals surface area contributed by atoms with E-state index in [0.717, 1.165) is 21.3 Å². The molecule has 1 unspecified atom stereocenters. The summed E-state index contributed by atoms with van der Waals surface area (Å²) in [6.07, 6.45) is 1.04. The molecule has 1 heterocycles. The van der Waals surface area contributed by atoms with Gasteiger partial charge in [-0.05, 0) is 19.1 Å². The lowest BCUT2D eigenvalue weighted by atomic mass is 10.2. The fraction of sp³-hybridized carbons (Fsp3) is 0.308. The summed E-state index contributed by atoms with van der Waals surface area (Å²) in [6, 6.07) is 5.79. The van der Waals surface area contributed by atoms with E-state index in [1.807, 2.05) is 6.92 Å². The number of aryl methyl sites for hydroxylation is 1. The number of nitrogens with zero attached hydrogens (tertiary/aromatic N) is 2. The van der Waals surface area contributed by atoms with Gasteiger partial charge in [-0.15, -0.1) is 0 Å². The average Bonchev–Trinajstić information content (AvgIpc) is 2.42. The third-order valence-corrected chi connectivity index (χ3v) is 4.44. The Morgan fingerprint density at radius 3 is 2.33 bits per heavy atom. The molecular weight excluding hydrogens is 296 g/mol. The Balaban J connectivity index is 2.33. The molecule has 0 aliphatic carbocycles. The second kappa shape index (κ2) is 5.28. The number of carbonyl (C=O) groups is 2. The van der Waals surface area contributed by atoms with Gasteiger partial charge in [0.15, 0.2) is 0 Å². The second-order valence-corrected chi connectivity index (χ2v) is 6.41. The first-order chi connectivity index (χ1) is 9.72. The molecule has 0 radical (unpaired) electrons. The molecule has 7 nitrogen and oxygen atoms in total. The highest BCUT2D eigenvalue weighted by Gasteiger charge is 2.47. The summed E-state index contributed by atoms with van der Waals surface area (Å²) in [5.74, 6) is -0.728. The van der Waals surface area contributed by atoms with Crippen molar-refractivity contribution in [1.29, 1.82) is 0 Å². The molecule has 1 aromatic rings. The third-order valence-electron chi connectivity index (χ3n) is 3.07. The summed E-state index contributed by atoms with van der Waals surface area (Å²) in [5, 5.41) is -1.55. The first-order valence-electron chi connectivity index (χ1n) is 6.11. The summed E-state index contributed by atoms with van der Waals surface area (Å²) in [4.78, 5) is 24.3. The fourth-order valence-corrected chi connectivity index (χ4v) is 3.05. The van der Waals surface area contributed by atoms with Crippen molar-refractivity contribution in [1.82, 2.24) is 4.90 Å². The Kier molecular flexibility index (Phi) is 3.82. The molecule has 1 aromatic carbocycles. The van der Waals surface area contributed by atoms with Crippen LogP contribution >= 0.6 is 0 Å². The molecule has 0 fully saturated rings. The van der Waals surface area contributed by atoms with Crippen molar-refractivity contribution in [2.75, 3.05) is 14.1 Å². The number of benzene rings is 1. The van der Waals surface area contributed by atoms with E-state index in [-0.39, 0.29) is 5.75 Å². The van der Waals surface area contributed by atoms with Gasteiger partial charge in [0.2, 0.25) is 0 Å². The molecule has 2 rings (SSSR count). The van der Waals surface area contributed by atoms with E-state index in [4.69, 9.17) is 4.18 Å². The quantitative estimate of drug-likeness (QED) is 0.595. The van der Waals surface area contributed by atoms with Crippen LogP contribution in [0.4, 0.5) is 4.79 Å². The molecule has 0 saturated heterocycles. The van der Waals surface area contributed by atoms with Gasteiger partial charge in [0, 0.05) is 0 Å². The van der Waals surface area contributed by atoms with E-state index in [1.165, 1.54) is 26.2 Å². The molecule has 21 heavy (non-hydrogen) atoms. The maximum atomic E-state index is 12.2.